The third-order valence-corrected chi connectivity index (χ3v) is 6.32. The number of para-hydroxylation sites is 1. The van der Waals surface area contributed by atoms with Crippen LogP contribution in [0, 0.1) is 13.8 Å². The summed E-state index contributed by atoms with van der Waals surface area (Å²) in [6, 6.07) is 4.90. The lowest BCUT2D eigenvalue weighted by molar-refractivity contribution is -0.137. The number of thioether (sulfide) groups is 1. The number of piperazine rings is 1. The molecule has 0 bridgehead atoms. The molecule has 184 valence electrons. The van der Waals surface area contributed by atoms with Gasteiger partial charge in [0.25, 0.3) is 0 Å². The van der Waals surface area contributed by atoms with Crippen LogP contribution in [0.4, 0.5) is 18.9 Å². The fraction of sp³-hybridized carbons (Fsp3) is 0.478. The molecule has 1 fully saturated rings. The highest BCUT2D eigenvalue weighted by atomic mass is 32.2. The van der Waals surface area contributed by atoms with Gasteiger partial charge in [-0.2, -0.15) is 13.2 Å². The van der Waals surface area contributed by atoms with E-state index in [1.807, 2.05) is 25.0 Å². The van der Waals surface area contributed by atoms with Gasteiger partial charge in [0.1, 0.15) is 0 Å². The Morgan fingerprint density at radius 1 is 1.06 bits per heavy atom. The molecule has 1 aliphatic rings. The van der Waals surface area contributed by atoms with Crippen LogP contribution in [0.3, 0.4) is 0 Å². The van der Waals surface area contributed by atoms with Crippen LogP contribution in [0.25, 0.3) is 0 Å². The van der Waals surface area contributed by atoms with Gasteiger partial charge in [0.2, 0.25) is 11.8 Å². The minimum absolute atomic E-state index is 0.0240. The monoisotopic (exact) mass is 495 g/mol. The molecule has 1 saturated heterocycles. The number of nitrogens with one attached hydrogen (secondary N) is 1. The summed E-state index contributed by atoms with van der Waals surface area (Å²) in [6.45, 7) is 5.69. The standard InChI is InChI=1S/C23H28F3N5O2S/c1-15-17(16(2)28-22(27-15)34-3)8-9-21(33)31-12-10-30(11-13-31)14-20(32)29-19-7-5-4-6-18(19)23(24,25)26/h4-7H,8-14H2,1-3H3,(H,29,32). The predicted octanol–water partition coefficient (Wildman–Crippen LogP) is 3.55. The van der Waals surface area contributed by atoms with E-state index in [2.05, 4.69) is 15.3 Å². The first kappa shape index (κ1) is 26.0. The van der Waals surface area contributed by atoms with Crippen LogP contribution >= 0.6 is 11.8 Å². The largest absolute Gasteiger partial charge is 0.418 e. The second-order valence-corrected chi connectivity index (χ2v) is 8.88. The Morgan fingerprint density at radius 3 is 2.26 bits per heavy atom. The average molecular weight is 496 g/mol. The van der Waals surface area contributed by atoms with Crippen LogP contribution in [0.15, 0.2) is 29.4 Å². The summed E-state index contributed by atoms with van der Waals surface area (Å²) in [6.07, 6.45) is -1.72. The summed E-state index contributed by atoms with van der Waals surface area (Å²) in [5, 5.41) is 3.08. The van der Waals surface area contributed by atoms with Crippen LogP contribution in [-0.2, 0) is 22.2 Å². The van der Waals surface area contributed by atoms with Crippen molar-refractivity contribution in [2.75, 3.05) is 44.3 Å². The lowest BCUT2D eigenvalue weighted by Crippen LogP contribution is -2.50. The van der Waals surface area contributed by atoms with Crippen LogP contribution < -0.4 is 5.32 Å². The number of benzene rings is 1. The van der Waals surface area contributed by atoms with Crippen molar-refractivity contribution in [3.8, 4) is 0 Å². The van der Waals surface area contributed by atoms with E-state index in [0.717, 1.165) is 23.0 Å². The molecule has 34 heavy (non-hydrogen) atoms. The van der Waals surface area contributed by atoms with Crippen molar-refractivity contribution in [1.29, 1.82) is 0 Å². The molecule has 0 unspecified atom stereocenters. The van der Waals surface area contributed by atoms with Crippen molar-refractivity contribution in [1.82, 2.24) is 19.8 Å². The van der Waals surface area contributed by atoms with Gasteiger partial charge < -0.3 is 10.2 Å². The average Bonchev–Trinajstić information content (AvgIpc) is 2.78. The van der Waals surface area contributed by atoms with Gasteiger partial charge in [-0.15, -0.1) is 0 Å². The number of rotatable bonds is 7. The Hall–Kier alpha value is -2.66. The minimum atomic E-state index is -4.55. The van der Waals surface area contributed by atoms with E-state index < -0.39 is 17.6 Å². The van der Waals surface area contributed by atoms with Gasteiger partial charge >= 0.3 is 6.18 Å². The molecule has 0 radical (unpaired) electrons. The molecule has 2 heterocycles. The van der Waals surface area contributed by atoms with Crippen molar-refractivity contribution < 1.29 is 22.8 Å². The number of anilines is 1. The van der Waals surface area contributed by atoms with Crippen molar-refractivity contribution in [3.05, 3.63) is 46.8 Å². The molecule has 1 aromatic carbocycles. The maximum atomic E-state index is 13.1. The molecule has 0 spiro atoms. The zero-order valence-electron chi connectivity index (χ0n) is 19.4. The Bertz CT molecular complexity index is 1020. The lowest BCUT2D eigenvalue weighted by Gasteiger charge is -2.34. The van der Waals surface area contributed by atoms with Crippen LogP contribution in [0.2, 0.25) is 0 Å². The third kappa shape index (κ3) is 6.69. The highest BCUT2D eigenvalue weighted by Crippen LogP contribution is 2.34. The fourth-order valence-corrected chi connectivity index (χ4v) is 4.40. The van der Waals surface area contributed by atoms with Crippen LogP contribution in [0.5, 0.6) is 0 Å². The first-order valence-electron chi connectivity index (χ1n) is 10.9. The van der Waals surface area contributed by atoms with E-state index in [-0.39, 0.29) is 18.1 Å². The Labute approximate surface area is 201 Å². The highest BCUT2D eigenvalue weighted by Gasteiger charge is 2.33. The number of amides is 2. The molecule has 3 rings (SSSR count). The second-order valence-electron chi connectivity index (χ2n) is 8.11. The molecular weight excluding hydrogens is 467 g/mol. The van der Waals surface area contributed by atoms with Crippen molar-refractivity contribution in [3.63, 3.8) is 0 Å². The van der Waals surface area contributed by atoms with Crippen LogP contribution in [-0.4, -0.2) is 70.6 Å². The molecule has 0 aliphatic carbocycles. The van der Waals surface area contributed by atoms with E-state index in [1.165, 1.54) is 30.0 Å². The molecule has 1 N–H and O–H groups in total. The summed E-state index contributed by atoms with van der Waals surface area (Å²) in [7, 11) is 0. The second kappa shape index (κ2) is 11.2. The number of carbonyl (C=O) groups excluding carboxylic acids is 2. The molecule has 11 heteroatoms. The van der Waals surface area contributed by atoms with E-state index >= 15 is 0 Å². The van der Waals surface area contributed by atoms with Gasteiger partial charge in [-0.25, -0.2) is 9.97 Å². The third-order valence-electron chi connectivity index (χ3n) is 5.77. The van der Waals surface area contributed by atoms with Gasteiger partial charge in [-0.3, -0.25) is 14.5 Å². The number of halogens is 3. The molecule has 1 aromatic heterocycles. The topological polar surface area (TPSA) is 78.4 Å². The van der Waals surface area contributed by atoms with E-state index in [9.17, 15) is 22.8 Å². The van der Waals surface area contributed by atoms with Gasteiger partial charge in [-0.1, -0.05) is 23.9 Å². The fourth-order valence-electron chi connectivity index (χ4n) is 3.94. The normalized spacial score (nSPS) is 14.8. The lowest BCUT2D eigenvalue weighted by atomic mass is 10.1. The van der Waals surface area contributed by atoms with Crippen molar-refractivity contribution in [2.45, 2.75) is 38.0 Å². The summed E-state index contributed by atoms with van der Waals surface area (Å²) in [4.78, 5) is 37.5. The number of aryl methyl sites for hydroxylation is 2. The zero-order chi connectivity index (χ0) is 24.9. The molecule has 2 amide bonds. The number of hydrogen-bond donors (Lipinski definition) is 1. The molecule has 0 atom stereocenters. The maximum absolute atomic E-state index is 13.1. The predicted molar refractivity (Wildman–Crippen MR) is 125 cm³/mol. The number of alkyl halides is 3. The van der Waals surface area contributed by atoms with Gasteiger partial charge in [0, 0.05) is 44.0 Å². The van der Waals surface area contributed by atoms with E-state index in [4.69, 9.17) is 0 Å². The minimum Gasteiger partial charge on any atom is -0.340 e. The highest BCUT2D eigenvalue weighted by molar-refractivity contribution is 7.98. The number of aromatic nitrogens is 2. The molecular formula is C23H28F3N5O2S. The number of nitrogens with zero attached hydrogens (tertiary/aromatic N) is 4. The van der Waals surface area contributed by atoms with Crippen molar-refractivity contribution in [2.24, 2.45) is 0 Å². The molecule has 7 nitrogen and oxygen atoms in total. The summed E-state index contributed by atoms with van der Waals surface area (Å²) < 4.78 is 39.4. The smallest absolute Gasteiger partial charge is 0.340 e. The maximum Gasteiger partial charge on any atom is 0.418 e. The molecule has 1 aliphatic heterocycles. The van der Waals surface area contributed by atoms with Gasteiger partial charge in [-0.05, 0) is 44.2 Å². The van der Waals surface area contributed by atoms with Crippen LogP contribution in [0.1, 0.15) is 28.9 Å². The Kier molecular flexibility index (Phi) is 8.53. The summed E-state index contributed by atoms with van der Waals surface area (Å²) >= 11 is 1.48. The molecule has 2 aromatic rings. The summed E-state index contributed by atoms with van der Waals surface area (Å²) in [5.74, 6) is -0.493. The van der Waals surface area contributed by atoms with Gasteiger partial charge in [0.05, 0.1) is 17.8 Å². The Balaban J connectivity index is 1.47. The summed E-state index contributed by atoms with van der Waals surface area (Å²) in [5.41, 5.74) is 1.62. The van der Waals surface area contributed by atoms with Crippen molar-refractivity contribution >= 4 is 29.3 Å². The van der Waals surface area contributed by atoms with Gasteiger partial charge in [0.15, 0.2) is 5.16 Å². The zero-order valence-corrected chi connectivity index (χ0v) is 20.2. The van der Waals surface area contributed by atoms with E-state index in [0.29, 0.717) is 44.2 Å². The molecule has 0 saturated carbocycles. The number of hydrogen-bond acceptors (Lipinski definition) is 6. The quantitative estimate of drug-likeness (QED) is 0.468. The Morgan fingerprint density at radius 2 is 1.68 bits per heavy atom. The first-order valence-corrected chi connectivity index (χ1v) is 12.1. The number of carbonyl (C=O) groups is 2. The van der Waals surface area contributed by atoms with E-state index in [1.54, 1.807) is 4.90 Å². The first-order chi connectivity index (χ1) is 16.1. The SMILES string of the molecule is CSc1nc(C)c(CCC(=O)N2CCN(CC(=O)Nc3ccccc3C(F)(F)F)CC2)c(C)n1.